The molecule has 2 aliphatic rings. The predicted octanol–water partition coefficient (Wildman–Crippen LogP) is 2.10. The van der Waals surface area contributed by atoms with E-state index in [0.29, 0.717) is 17.5 Å². The van der Waals surface area contributed by atoms with E-state index in [1.165, 1.54) is 0 Å². The van der Waals surface area contributed by atoms with Crippen molar-refractivity contribution < 1.29 is 14.1 Å². The number of hydrogen-bond acceptors (Lipinski definition) is 6. The molecule has 8 nitrogen and oxygen atoms in total. The highest BCUT2D eigenvalue weighted by molar-refractivity contribution is 5.92. The summed E-state index contributed by atoms with van der Waals surface area (Å²) in [4.78, 5) is 19.1. The van der Waals surface area contributed by atoms with Crippen LogP contribution in [-0.4, -0.2) is 57.0 Å². The van der Waals surface area contributed by atoms with Crippen molar-refractivity contribution in [2.45, 2.75) is 44.9 Å². The Morgan fingerprint density at radius 1 is 1.30 bits per heavy atom. The fourth-order valence-electron chi connectivity index (χ4n) is 3.89. The Morgan fingerprint density at radius 3 is 2.85 bits per heavy atom. The zero-order valence-corrected chi connectivity index (χ0v) is 16.1. The molecule has 1 atom stereocenters. The second kappa shape index (κ2) is 7.80. The number of hydrogen-bond donors (Lipinski definition) is 0. The number of nitrogens with zero attached hydrogens (tertiary/aromatic N) is 5. The summed E-state index contributed by atoms with van der Waals surface area (Å²) >= 11 is 0. The van der Waals surface area contributed by atoms with Crippen LogP contribution in [0, 0.1) is 12.8 Å². The van der Waals surface area contributed by atoms with E-state index < -0.39 is 0 Å². The van der Waals surface area contributed by atoms with Crippen molar-refractivity contribution in [3.8, 4) is 0 Å². The molecule has 8 heteroatoms. The fraction of sp³-hybridized carbons (Fsp3) is 0.684. The van der Waals surface area contributed by atoms with Crippen molar-refractivity contribution in [1.29, 1.82) is 0 Å². The van der Waals surface area contributed by atoms with Gasteiger partial charge in [0.1, 0.15) is 0 Å². The average molecular weight is 373 g/mol. The van der Waals surface area contributed by atoms with Gasteiger partial charge in [-0.1, -0.05) is 5.16 Å². The predicted molar refractivity (Wildman–Crippen MR) is 97.4 cm³/mol. The van der Waals surface area contributed by atoms with E-state index in [-0.39, 0.29) is 5.91 Å². The molecule has 2 aliphatic heterocycles. The topological polar surface area (TPSA) is 86.3 Å². The van der Waals surface area contributed by atoms with Crippen LogP contribution in [-0.2, 0) is 18.2 Å². The standard InChI is InChI=1S/C19H27N5O3/c1-13-11-16(21-23(13)2)19(25)24-8-5-14(12-24)3-4-17-20-18(27-22-17)15-6-9-26-10-7-15/h11,14-15H,3-10,12H2,1-2H3. The molecule has 0 saturated carbocycles. The molecule has 1 unspecified atom stereocenters. The lowest BCUT2D eigenvalue weighted by Gasteiger charge is -2.17. The van der Waals surface area contributed by atoms with Gasteiger partial charge < -0.3 is 14.2 Å². The molecule has 0 aliphatic carbocycles. The number of carbonyl (C=O) groups is 1. The second-order valence-corrected chi connectivity index (χ2v) is 7.67. The van der Waals surface area contributed by atoms with Gasteiger partial charge in [0, 0.05) is 51.4 Å². The Bertz CT molecular complexity index is 774. The molecule has 0 radical (unpaired) electrons. The first-order valence-electron chi connectivity index (χ1n) is 9.80. The van der Waals surface area contributed by atoms with Crippen LogP contribution in [0.3, 0.4) is 0 Å². The summed E-state index contributed by atoms with van der Waals surface area (Å²) in [5, 5.41) is 8.45. The Labute approximate surface area is 158 Å². The average Bonchev–Trinajstić information content (AvgIpc) is 3.41. The van der Waals surface area contributed by atoms with Gasteiger partial charge in [0.2, 0.25) is 5.89 Å². The number of aryl methyl sites for hydroxylation is 3. The highest BCUT2D eigenvalue weighted by Gasteiger charge is 2.29. The van der Waals surface area contributed by atoms with Gasteiger partial charge in [0.05, 0.1) is 0 Å². The molecule has 1 amide bonds. The largest absolute Gasteiger partial charge is 0.381 e. The highest BCUT2D eigenvalue weighted by atomic mass is 16.5. The molecule has 146 valence electrons. The molecular weight excluding hydrogens is 346 g/mol. The van der Waals surface area contributed by atoms with Crippen LogP contribution in [0.1, 0.15) is 59.5 Å². The van der Waals surface area contributed by atoms with E-state index in [1.807, 2.05) is 24.9 Å². The van der Waals surface area contributed by atoms with Crippen LogP contribution in [0.2, 0.25) is 0 Å². The van der Waals surface area contributed by atoms with Gasteiger partial charge >= 0.3 is 0 Å². The van der Waals surface area contributed by atoms with E-state index in [4.69, 9.17) is 9.26 Å². The number of rotatable bonds is 5. The molecule has 27 heavy (non-hydrogen) atoms. The van der Waals surface area contributed by atoms with Crippen LogP contribution < -0.4 is 0 Å². The van der Waals surface area contributed by atoms with E-state index in [9.17, 15) is 4.79 Å². The number of likely N-dealkylation sites (tertiary alicyclic amines) is 1. The Balaban J connectivity index is 1.27. The zero-order valence-electron chi connectivity index (χ0n) is 16.1. The molecule has 4 rings (SSSR count). The zero-order chi connectivity index (χ0) is 18.8. The van der Waals surface area contributed by atoms with E-state index in [0.717, 1.165) is 75.8 Å². The minimum absolute atomic E-state index is 0.0302. The number of ether oxygens (including phenoxy) is 1. The third kappa shape index (κ3) is 4.05. The van der Waals surface area contributed by atoms with Crippen molar-refractivity contribution in [3.63, 3.8) is 0 Å². The minimum Gasteiger partial charge on any atom is -0.381 e. The lowest BCUT2D eigenvalue weighted by molar-refractivity contribution is 0.0777. The smallest absolute Gasteiger partial charge is 0.274 e. The first-order chi connectivity index (χ1) is 13.1. The van der Waals surface area contributed by atoms with Gasteiger partial charge in [-0.05, 0) is 44.6 Å². The van der Waals surface area contributed by atoms with Crippen molar-refractivity contribution in [1.82, 2.24) is 24.8 Å². The normalized spacial score (nSPS) is 21.1. The summed E-state index contributed by atoms with van der Waals surface area (Å²) in [6.45, 7) is 5.06. The molecule has 0 aromatic carbocycles. The fourth-order valence-corrected chi connectivity index (χ4v) is 3.89. The van der Waals surface area contributed by atoms with Crippen molar-refractivity contribution >= 4 is 5.91 Å². The van der Waals surface area contributed by atoms with Crippen molar-refractivity contribution in [2.75, 3.05) is 26.3 Å². The molecule has 0 spiro atoms. The van der Waals surface area contributed by atoms with Gasteiger partial charge in [-0.3, -0.25) is 9.48 Å². The maximum Gasteiger partial charge on any atom is 0.274 e. The van der Waals surface area contributed by atoms with E-state index in [1.54, 1.807) is 4.68 Å². The maximum absolute atomic E-state index is 12.6. The third-order valence-electron chi connectivity index (χ3n) is 5.74. The summed E-state index contributed by atoms with van der Waals surface area (Å²) in [7, 11) is 1.86. The summed E-state index contributed by atoms with van der Waals surface area (Å²) in [6.07, 6.45) is 4.69. The molecule has 2 fully saturated rings. The minimum atomic E-state index is 0.0302. The molecular formula is C19H27N5O3. The molecule has 2 aromatic rings. The SMILES string of the molecule is Cc1cc(C(=O)N2CCC(CCc3noc(C4CCOCC4)n3)C2)nn1C. The Hall–Kier alpha value is -2.22. The lowest BCUT2D eigenvalue weighted by atomic mass is 10.0. The molecule has 0 bridgehead atoms. The monoisotopic (exact) mass is 373 g/mol. The van der Waals surface area contributed by atoms with Gasteiger partial charge in [0.25, 0.3) is 5.91 Å². The summed E-state index contributed by atoms with van der Waals surface area (Å²) in [5.74, 6) is 2.37. The van der Waals surface area contributed by atoms with Crippen LogP contribution in [0.5, 0.6) is 0 Å². The Morgan fingerprint density at radius 2 is 2.11 bits per heavy atom. The third-order valence-corrected chi connectivity index (χ3v) is 5.74. The maximum atomic E-state index is 12.6. The molecule has 0 N–H and O–H groups in total. The van der Waals surface area contributed by atoms with Crippen LogP contribution in [0.15, 0.2) is 10.6 Å². The first-order valence-corrected chi connectivity index (χ1v) is 9.80. The lowest BCUT2D eigenvalue weighted by Crippen LogP contribution is -2.29. The molecule has 2 saturated heterocycles. The molecule has 2 aromatic heterocycles. The van der Waals surface area contributed by atoms with Crippen LogP contribution in [0.4, 0.5) is 0 Å². The van der Waals surface area contributed by atoms with Gasteiger partial charge in [-0.25, -0.2) is 0 Å². The highest BCUT2D eigenvalue weighted by Crippen LogP contribution is 2.26. The van der Waals surface area contributed by atoms with Gasteiger partial charge in [-0.15, -0.1) is 0 Å². The number of carbonyl (C=O) groups excluding carboxylic acids is 1. The summed E-state index contributed by atoms with van der Waals surface area (Å²) in [6, 6.07) is 1.85. The van der Waals surface area contributed by atoms with Gasteiger partial charge in [-0.2, -0.15) is 10.1 Å². The van der Waals surface area contributed by atoms with Gasteiger partial charge in [0.15, 0.2) is 11.5 Å². The van der Waals surface area contributed by atoms with E-state index >= 15 is 0 Å². The second-order valence-electron chi connectivity index (χ2n) is 7.67. The summed E-state index contributed by atoms with van der Waals surface area (Å²) < 4.78 is 12.6. The molecule has 4 heterocycles. The first kappa shape index (κ1) is 18.2. The van der Waals surface area contributed by atoms with Crippen LogP contribution >= 0.6 is 0 Å². The van der Waals surface area contributed by atoms with Crippen molar-refractivity contribution in [3.05, 3.63) is 29.2 Å². The number of aromatic nitrogens is 4. The summed E-state index contributed by atoms with van der Waals surface area (Å²) in [5.41, 5.74) is 1.53. The van der Waals surface area contributed by atoms with Crippen LogP contribution in [0.25, 0.3) is 0 Å². The quantitative estimate of drug-likeness (QED) is 0.798. The van der Waals surface area contributed by atoms with Crippen molar-refractivity contribution in [2.24, 2.45) is 13.0 Å². The Kier molecular flexibility index (Phi) is 5.24. The number of amides is 1. The van der Waals surface area contributed by atoms with E-state index in [2.05, 4.69) is 15.2 Å².